The van der Waals surface area contributed by atoms with Crippen LogP contribution >= 0.6 is 12.2 Å². The van der Waals surface area contributed by atoms with Gasteiger partial charge in [0.1, 0.15) is 0 Å². The van der Waals surface area contributed by atoms with Crippen LogP contribution in [0.1, 0.15) is 17.0 Å². The van der Waals surface area contributed by atoms with Gasteiger partial charge in [-0.3, -0.25) is 10.1 Å². The molecule has 25 heavy (non-hydrogen) atoms. The number of aromatic nitrogens is 4. The van der Waals surface area contributed by atoms with Crippen LogP contribution < -0.4 is 0 Å². The quantitative estimate of drug-likeness (QED) is 0.450. The summed E-state index contributed by atoms with van der Waals surface area (Å²) >= 11 is 5.32. The van der Waals surface area contributed by atoms with E-state index in [4.69, 9.17) is 12.2 Å². The highest BCUT2D eigenvalue weighted by molar-refractivity contribution is 7.71. The van der Waals surface area contributed by atoms with Crippen LogP contribution in [0.3, 0.4) is 0 Å². The fourth-order valence-corrected chi connectivity index (χ4v) is 2.95. The van der Waals surface area contributed by atoms with Crippen molar-refractivity contribution in [3.63, 3.8) is 0 Å². The number of hydrogen-bond donors (Lipinski definition) is 1. The Balaban J connectivity index is 1.70. The molecular weight excluding hydrogens is 330 g/mol. The third-order valence-electron chi connectivity index (χ3n) is 3.95. The van der Waals surface area contributed by atoms with Gasteiger partial charge in [-0.1, -0.05) is 48.5 Å². The summed E-state index contributed by atoms with van der Waals surface area (Å²) < 4.78 is 2.12. The predicted octanol–water partition coefficient (Wildman–Crippen LogP) is 3.96. The Morgan fingerprint density at radius 1 is 1.08 bits per heavy atom. The lowest BCUT2D eigenvalue weighted by molar-refractivity contribution is 0.793. The molecule has 5 nitrogen and oxygen atoms in total. The van der Waals surface area contributed by atoms with E-state index in [0.29, 0.717) is 11.2 Å². The standard InChI is InChI=1S/C19H15N5S/c25-19-23-22-18(24(19)21-13-14-5-4-10-20-12-14)11-16-8-3-7-15-6-1-2-9-17(15)16/h1-10,12-13H,11H2,(H,23,25)/b21-13+. The minimum atomic E-state index is 0.468. The molecule has 0 aliphatic rings. The lowest BCUT2D eigenvalue weighted by Crippen LogP contribution is -2.01. The third-order valence-corrected chi connectivity index (χ3v) is 4.22. The van der Waals surface area contributed by atoms with Gasteiger partial charge in [-0.05, 0) is 34.6 Å². The van der Waals surface area contributed by atoms with Crippen LogP contribution in [0.2, 0.25) is 0 Å². The van der Waals surface area contributed by atoms with Crippen LogP contribution in [0.25, 0.3) is 10.8 Å². The molecule has 4 rings (SSSR count). The second kappa shape index (κ2) is 6.78. The molecule has 2 aromatic carbocycles. The highest BCUT2D eigenvalue weighted by Crippen LogP contribution is 2.20. The lowest BCUT2D eigenvalue weighted by atomic mass is 10.0. The van der Waals surface area contributed by atoms with Crippen molar-refractivity contribution in [1.29, 1.82) is 0 Å². The predicted molar refractivity (Wildman–Crippen MR) is 101 cm³/mol. The molecule has 0 amide bonds. The molecule has 0 saturated heterocycles. The van der Waals surface area contributed by atoms with Crippen LogP contribution in [0, 0.1) is 4.77 Å². The largest absolute Gasteiger partial charge is 0.264 e. The van der Waals surface area contributed by atoms with Gasteiger partial charge < -0.3 is 0 Å². The molecule has 0 saturated carbocycles. The van der Waals surface area contributed by atoms with Crippen molar-refractivity contribution in [2.45, 2.75) is 6.42 Å². The maximum Gasteiger partial charge on any atom is 0.216 e. The van der Waals surface area contributed by atoms with Crippen LogP contribution in [0.5, 0.6) is 0 Å². The number of aromatic amines is 1. The molecule has 0 radical (unpaired) electrons. The molecule has 0 fully saturated rings. The lowest BCUT2D eigenvalue weighted by Gasteiger charge is -2.06. The summed E-state index contributed by atoms with van der Waals surface area (Å²) in [6.45, 7) is 0. The summed E-state index contributed by atoms with van der Waals surface area (Å²) in [4.78, 5) is 4.08. The summed E-state index contributed by atoms with van der Waals surface area (Å²) in [7, 11) is 0. The maximum absolute atomic E-state index is 5.32. The zero-order chi connectivity index (χ0) is 17.1. The van der Waals surface area contributed by atoms with Gasteiger partial charge in [-0.25, -0.2) is 0 Å². The number of nitrogens with zero attached hydrogens (tertiary/aromatic N) is 4. The molecule has 0 unspecified atom stereocenters. The number of pyridine rings is 1. The second-order valence-electron chi connectivity index (χ2n) is 5.60. The molecule has 0 spiro atoms. The maximum atomic E-state index is 5.32. The molecule has 2 aromatic heterocycles. The molecule has 0 bridgehead atoms. The first kappa shape index (κ1) is 15.4. The molecule has 4 aromatic rings. The Morgan fingerprint density at radius 3 is 2.84 bits per heavy atom. The number of fused-ring (bicyclic) bond motifs is 1. The van der Waals surface area contributed by atoms with Gasteiger partial charge in [0.2, 0.25) is 4.77 Å². The highest BCUT2D eigenvalue weighted by Gasteiger charge is 2.08. The third kappa shape index (κ3) is 3.25. The van der Waals surface area contributed by atoms with Gasteiger partial charge in [0, 0.05) is 24.4 Å². The first-order valence-electron chi connectivity index (χ1n) is 7.88. The summed E-state index contributed by atoms with van der Waals surface area (Å²) in [5.74, 6) is 0.765. The molecule has 0 atom stereocenters. The van der Waals surface area contributed by atoms with E-state index in [9.17, 15) is 0 Å². The van der Waals surface area contributed by atoms with Crippen molar-refractivity contribution in [2.75, 3.05) is 0 Å². The fraction of sp³-hybridized carbons (Fsp3) is 0.0526. The second-order valence-corrected chi connectivity index (χ2v) is 5.99. The van der Waals surface area contributed by atoms with E-state index in [1.807, 2.05) is 24.3 Å². The van der Waals surface area contributed by atoms with Crippen LogP contribution in [0.4, 0.5) is 0 Å². The molecule has 6 heteroatoms. The molecule has 0 aliphatic carbocycles. The van der Waals surface area contributed by atoms with E-state index in [-0.39, 0.29) is 0 Å². The van der Waals surface area contributed by atoms with Crippen molar-refractivity contribution >= 4 is 29.2 Å². The first-order valence-corrected chi connectivity index (χ1v) is 8.29. The topological polar surface area (TPSA) is 58.9 Å². The molecule has 2 heterocycles. The first-order chi connectivity index (χ1) is 12.3. The summed E-state index contributed by atoms with van der Waals surface area (Å²) in [6, 6.07) is 18.4. The minimum absolute atomic E-state index is 0.468. The molecule has 122 valence electrons. The van der Waals surface area contributed by atoms with Gasteiger partial charge in [0.15, 0.2) is 5.82 Å². The smallest absolute Gasteiger partial charge is 0.216 e. The Labute approximate surface area is 149 Å². The van der Waals surface area contributed by atoms with E-state index in [2.05, 4.69) is 50.6 Å². The van der Waals surface area contributed by atoms with Crippen molar-refractivity contribution in [3.05, 3.63) is 88.7 Å². The minimum Gasteiger partial charge on any atom is -0.264 e. The Kier molecular flexibility index (Phi) is 4.18. The zero-order valence-electron chi connectivity index (χ0n) is 13.3. The summed E-state index contributed by atoms with van der Waals surface area (Å²) in [5.41, 5.74) is 2.09. The van der Waals surface area contributed by atoms with E-state index in [1.165, 1.54) is 16.3 Å². The van der Waals surface area contributed by atoms with Crippen molar-refractivity contribution in [3.8, 4) is 0 Å². The van der Waals surface area contributed by atoms with Crippen LogP contribution in [-0.2, 0) is 6.42 Å². The average molecular weight is 345 g/mol. The van der Waals surface area contributed by atoms with Gasteiger partial charge >= 0.3 is 0 Å². The molecule has 0 aliphatic heterocycles. The number of benzene rings is 2. The fourth-order valence-electron chi connectivity index (χ4n) is 2.75. The van der Waals surface area contributed by atoms with Crippen molar-refractivity contribution in [2.24, 2.45) is 5.10 Å². The SMILES string of the molecule is S=c1[nH]nc(Cc2cccc3ccccc23)n1/N=C/c1cccnc1. The van der Waals surface area contributed by atoms with E-state index < -0.39 is 0 Å². The summed E-state index contributed by atoms with van der Waals surface area (Å²) in [6.07, 6.45) is 5.84. The summed E-state index contributed by atoms with van der Waals surface area (Å²) in [5, 5.41) is 14.1. The monoisotopic (exact) mass is 345 g/mol. The Bertz CT molecular complexity index is 1090. The number of nitrogens with one attached hydrogen (secondary N) is 1. The van der Waals surface area contributed by atoms with Crippen LogP contribution in [0.15, 0.2) is 72.1 Å². The van der Waals surface area contributed by atoms with E-state index in [1.54, 1.807) is 23.3 Å². The average Bonchev–Trinajstić information content (AvgIpc) is 3.01. The van der Waals surface area contributed by atoms with Gasteiger partial charge in [-0.15, -0.1) is 0 Å². The number of hydrogen-bond acceptors (Lipinski definition) is 4. The normalized spacial score (nSPS) is 11.4. The Hall–Kier alpha value is -3.12. The highest BCUT2D eigenvalue weighted by atomic mass is 32.1. The Morgan fingerprint density at radius 2 is 1.96 bits per heavy atom. The number of rotatable bonds is 4. The molecule has 1 N–H and O–H groups in total. The number of H-pyrrole nitrogens is 1. The van der Waals surface area contributed by atoms with Gasteiger partial charge in [0.25, 0.3) is 0 Å². The zero-order valence-corrected chi connectivity index (χ0v) is 14.1. The van der Waals surface area contributed by atoms with Crippen LogP contribution in [-0.4, -0.2) is 26.1 Å². The van der Waals surface area contributed by atoms with Gasteiger partial charge in [-0.2, -0.15) is 14.9 Å². The van der Waals surface area contributed by atoms with E-state index in [0.717, 1.165) is 11.4 Å². The van der Waals surface area contributed by atoms with E-state index >= 15 is 0 Å². The molecular formula is C19H15N5S. The van der Waals surface area contributed by atoms with Crippen molar-refractivity contribution < 1.29 is 0 Å². The van der Waals surface area contributed by atoms with Crippen molar-refractivity contribution in [1.82, 2.24) is 19.9 Å². The van der Waals surface area contributed by atoms with Gasteiger partial charge in [0.05, 0.1) is 6.21 Å².